The Morgan fingerprint density at radius 1 is 1.21 bits per heavy atom. The van der Waals surface area contributed by atoms with E-state index in [9.17, 15) is 0 Å². The van der Waals surface area contributed by atoms with Crippen molar-refractivity contribution < 1.29 is 4.52 Å². The number of hydrogen-bond acceptors (Lipinski definition) is 4. The van der Waals surface area contributed by atoms with Crippen LogP contribution in [0.5, 0.6) is 0 Å². The number of nitrogens with zero attached hydrogens (tertiary/aromatic N) is 2. The lowest BCUT2D eigenvalue weighted by atomic mass is 9.80. The molecule has 2 fully saturated rings. The van der Waals surface area contributed by atoms with E-state index in [1.54, 1.807) is 0 Å². The molecule has 0 amide bonds. The zero-order valence-electron chi connectivity index (χ0n) is 11.9. The highest BCUT2D eigenvalue weighted by atomic mass is 16.5. The average Bonchev–Trinajstić information content (AvgIpc) is 3.11. The molecule has 0 spiro atoms. The zero-order chi connectivity index (χ0) is 13.1. The van der Waals surface area contributed by atoms with Crippen LogP contribution in [0, 0.1) is 5.92 Å². The highest BCUT2D eigenvalue weighted by molar-refractivity contribution is 5.01. The fraction of sp³-hybridized carbons (Fsp3) is 0.867. The fourth-order valence-electron chi connectivity index (χ4n) is 3.57. The van der Waals surface area contributed by atoms with E-state index in [1.165, 1.54) is 44.9 Å². The monoisotopic (exact) mass is 263 g/mol. The van der Waals surface area contributed by atoms with E-state index in [-0.39, 0.29) is 0 Å². The van der Waals surface area contributed by atoms with Crippen LogP contribution in [0.15, 0.2) is 4.52 Å². The van der Waals surface area contributed by atoms with E-state index >= 15 is 0 Å². The van der Waals surface area contributed by atoms with Gasteiger partial charge in [-0.05, 0) is 51.0 Å². The maximum atomic E-state index is 5.45. The summed E-state index contributed by atoms with van der Waals surface area (Å²) in [7, 11) is 0. The largest absolute Gasteiger partial charge is 0.338 e. The molecule has 1 atom stereocenters. The molecule has 2 aliphatic rings. The number of hydrogen-bond donors (Lipinski definition) is 1. The minimum atomic E-state index is 0.303. The minimum Gasteiger partial charge on any atom is -0.338 e. The van der Waals surface area contributed by atoms with Crippen molar-refractivity contribution in [2.45, 2.75) is 70.3 Å². The summed E-state index contributed by atoms with van der Waals surface area (Å²) < 4.78 is 5.45. The Bertz CT molecular complexity index is 390. The lowest BCUT2D eigenvalue weighted by Crippen LogP contribution is -2.15. The molecule has 0 bridgehead atoms. The van der Waals surface area contributed by atoms with Gasteiger partial charge in [-0.1, -0.05) is 24.9 Å². The van der Waals surface area contributed by atoms with E-state index in [0.717, 1.165) is 30.6 Å². The van der Waals surface area contributed by atoms with Crippen LogP contribution in [0.2, 0.25) is 0 Å². The molecule has 1 aromatic heterocycles. The first-order valence-electron chi connectivity index (χ1n) is 7.93. The quantitative estimate of drug-likeness (QED) is 0.902. The minimum absolute atomic E-state index is 0.303. The van der Waals surface area contributed by atoms with Crippen LogP contribution >= 0.6 is 0 Å². The van der Waals surface area contributed by atoms with Gasteiger partial charge in [-0.25, -0.2) is 0 Å². The summed E-state index contributed by atoms with van der Waals surface area (Å²) in [6.45, 7) is 3.36. The lowest BCUT2D eigenvalue weighted by Gasteiger charge is -2.26. The number of nitrogens with one attached hydrogen (secondary N) is 1. The molecular formula is C15H25N3O. The third-order valence-electron chi connectivity index (χ3n) is 4.72. The molecule has 106 valence electrons. The van der Waals surface area contributed by atoms with Crippen LogP contribution in [0.25, 0.3) is 0 Å². The Hall–Kier alpha value is -0.900. The van der Waals surface area contributed by atoms with Gasteiger partial charge in [0.05, 0.1) is 6.04 Å². The summed E-state index contributed by atoms with van der Waals surface area (Å²) >= 11 is 0. The van der Waals surface area contributed by atoms with Gasteiger partial charge >= 0.3 is 0 Å². The number of rotatable bonds is 4. The van der Waals surface area contributed by atoms with Gasteiger partial charge in [0.25, 0.3) is 0 Å². The molecular weight excluding hydrogens is 238 g/mol. The van der Waals surface area contributed by atoms with Crippen molar-refractivity contribution in [3.05, 3.63) is 11.7 Å². The Kier molecular flexibility index (Phi) is 4.16. The maximum Gasteiger partial charge on any atom is 0.243 e. The van der Waals surface area contributed by atoms with Crippen LogP contribution in [-0.4, -0.2) is 16.7 Å². The Morgan fingerprint density at radius 3 is 2.74 bits per heavy atom. The molecule has 1 aromatic rings. The summed E-state index contributed by atoms with van der Waals surface area (Å²) in [4.78, 5) is 4.65. The van der Waals surface area contributed by atoms with E-state index < -0.39 is 0 Å². The van der Waals surface area contributed by atoms with Gasteiger partial charge in [-0.15, -0.1) is 0 Å². The van der Waals surface area contributed by atoms with Crippen molar-refractivity contribution in [3.63, 3.8) is 0 Å². The van der Waals surface area contributed by atoms with Crippen molar-refractivity contribution in [3.8, 4) is 0 Å². The van der Waals surface area contributed by atoms with Gasteiger partial charge in [0.1, 0.15) is 0 Å². The molecule has 4 nitrogen and oxygen atoms in total. The first-order valence-corrected chi connectivity index (χ1v) is 7.93. The Balaban J connectivity index is 1.58. The SMILES string of the molecule is CCCC1CCC(c2noc([C@H]3CCCN3)n2)CC1. The highest BCUT2D eigenvalue weighted by Gasteiger charge is 2.28. The first kappa shape index (κ1) is 13.1. The molecule has 1 N–H and O–H groups in total. The van der Waals surface area contributed by atoms with E-state index in [0.29, 0.717) is 12.0 Å². The fourth-order valence-corrected chi connectivity index (χ4v) is 3.57. The Morgan fingerprint density at radius 2 is 2.05 bits per heavy atom. The summed E-state index contributed by atoms with van der Waals surface area (Å²) in [6, 6.07) is 0.303. The molecule has 1 saturated carbocycles. The van der Waals surface area contributed by atoms with Crippen molar-refractivity contribution >= 4 is 0 Å². The molecule has 0 unspecified atom stereocenters. The van der Waals surface area contributed by atoms with Crippen molar-refractivity contribution in [1.82, 2.24) is 15.5 Å². The van der Waals surface area contributed by atoms with Crippen LogP contribution < -0.4 is 5.32 Å². The van der Waals surface area contributed by atoms with E-state index in [1.807, 2.05) is 0 Å². The highest BCUT2D eigenvalue weighted by Crippen LogP contribution is 2.36. The Labute approximate surface area is 115 Å². The van der Waals surface area contributed by atoms with Gasteiger partial charge in [0, 0.05) is 5.92 Å². The average molecular weight is 263 g/mol. The van der Waals surface area contributed by atoms with Crippen molar-refractivity contribution in [1.29, 1.82) is 0 Å². The molecule has 4 heteroatoms. The predicted octanol–water partition coefficient (Wildman–Crippen LogP) is 3.57. The second-order valence-corrected chi connectivity index (χ2v) is 6.15. The smallest absolute Gasteiger partial charge is 0.243 e. The van der Waals surface area contributed by atoms with Gasteiger partial charge in [-0.3, -0.25) is 0 Å². The normalized spacial score (nSPS) is 31.7. The second kappa shape index (κ2) is 6.04. The summed E-state index contributed by atoms with van der Waals surface area (Å²) in [5.74, 6) is 3.23. The summed E-state index contributed by atoms with van der Waals surface area (Å²) in [5, 5.41) is 7.65. The molecule has 0 radical (unpaired) electrons. The lowest BCUT2D eigenvalue weighted by molar-refractivity contribution is 0.293. The van der Waals surface area contributed by atoms with Crippen molar-refractivity contribution in [2.24, 2.45) is 5.92 Å². The summed E-state index contributed by atoms with van der Waals surface area (Å²) in [5.41, 5.74) is 0. The third-order valence-corrected chi connectivity index (χ3v) is 4.72. The molecule has 1 aliphatic carbocycles. The van der Waals surface area contributed by atoms with Crippen LogP contribution in [0.3, 0.4) is 0 Å². The van der Waals surface area contributed by atoms with Gasteiger partial charge < -0.3 is 9.84 Å². The molecule has 1 saturated heterocycles. The van der Waals surface area contributed by atoms with Gasteiger partial charge in [-0.2, -0.15) is 4.98 Å². The predicted molar refractivity (Wildman–Crippen MR) is 73.9 cm³/mol. The van der Waals surface area contributed by atoms with Crippen LogP contribution in [-0.2, 0) is 0 Å². The number of aromatic nitrogens is 2. The first-order chi connectivity index (χ1) is 9.36. The molecule has 1 aliphatic heterocycles. The third kappa shape index (κ3) is 2.99. The standard InChI is InChI=1S/C15H25N3O/c1-2-4-11-6-8-12(9-7-11)14-17-15(19-18-14)13-5-3-10-16-13/h11-13,16H,2-10H2,1H3/t11?,12?,13-/m1/s1. The molecule has 3 rings (SSSR count). The van der Waals surface area contributed by atoms with E-state index in [2.05, 4.69) is 22.4 Å². The topological polar surface area (TPSA) is 51.0 Å². The summed E-state index contributed by atoms with van der Waals surface area (Å²) in [6.07, 6.45) is 10.2. The van der Waals surface area contributed by atoms with E-state index in [4.69, 9.17) is 4.52 Å². The molecule has 2 heterocycles. The molecule has 0 aromatic carbocycles. The van der Waals surface area contributed by atoms with Crippen LogP contribution in [0.4, 0.5) is 0 Å². The second-order valence-electron chi connectivity index (χ2n) is 6.15. The van der Waals surface area contributed by atoms with Gasteiger partial charge in [0.15, 0.2) is 5.82 Å². The van der Waals surface area contributed by atoms with Crippen molar-refractivity contribution in [2.75, 3.05) is 6.54 Å². The molecule has 19 heavy (non-hydrogen) atoms. The maximum absolute atomic E-state index is 5.45. The van der Waals surface area contributed by atoms with Gasteiger partial charge in [0.2, 0.25) is 5.89 Å². The zero-order valence-corrected chi connectivity index (χ0v) is 11.9. The van der Waals surface area contributed by atoms with Crippen LogP contribution in [0.1, 0.15) is 82.0 Å².